The van der Waals surface area contributed by atoms with Crippen LogP contribution in [0.25, 0.3) is 10.9 Å². The molecule has 1 aromatic carbocycles. The van der Waals surface area contributed by atoms with E-state index in [0.717, 1.165) is 31.7 Å². The first-order valence-corrected chi connectivity index (χ1v) is 9.04. The van der Waals surface area contributed by atoms with Crippen LogP contribution in [-0.2, 0) is 26.1 Å². The fraction of sp³-hybridized carbons (Fsp3) is 0.381. The van der Waals surface area contributed by atoms with Gasteiger partial charge in [-0.15, -0.1) is 0 Å². The number of aryl methyl sites for hydroxylation is 1. The van der Waals surface area contributed by atoms with Crippen molar-refractivity contribution < 1.29 is 5.11 Å². The fourth-order valence-corrected chi connectivity index (χ4v) is 4.73. The number of nitrogens with zero attached hydrogens (tertiary/aromatic N) is 3. The number of likely N-dealkylation sites (N-methyl/N-ethyl adjacent to an activating group) is 1. The van der Waals surface area contributed by atoms with Gasteiger partial charge in [-0.25, -0.2) is 0 Å². The van der Waals surface area contributed by atoms with E-state index in [1.165, 1.54) is 38.9 Å². The minimum absolute atomic E-state index is 0.00215. The van der Waals surface area contributed by atoms with Gasteiger partial charge in [0.25, 0.3) is 0 Å². The van der Waals surface area contributed by atoms with Gasteiger partial charge in [-0.05, 0) is 48.9 Å². The Morgan fingerprint density at radius 2 is 2.16 bits per heavy atom. The molecule has 4 heteroatoms. The fourth-order valence-electron chi connectivity index (χ4n) is 4.73. The molecule has 0 bridgehead atoms. The van der Waals surface area contributed by atoms with Gasteiger partial charge in [0.2, 0.25) is 0 Å². The summed E-state index contributed by atoms with van der Waals surface area (Å²) in [5.74, 6) is 0.357. The summed E-state index contributed by atoms with van der Waals surface area (Å²) in [6.07, 6.45) is 2.95. The Labute approximate surface area is 147 Å². The van der Waals surface area contributed by atoms with E-state index in [-0.39, 0.29) is 6.61 Å². The molecule has 0 radical (unpaired) electrons. The summed E-state index contributed by atoms with van der Waals surface area (Å²) in [4.78, 5) is 6.67. The van der Waals surface area contributed by atoms with Crippen LogP contribution in [0.3, 0.4) is 0 Å². The maximum absolute atomic E-state index is 9.45. The third-order valence-corrected chi connectivity index (χ3v) is 5.86. The van der Waals surface area contributed by atoms with Crippen molar-refractivity contribution in [1.82, 2.24) is 14.5 Å². The van der Waals surface area contributed by atoms with Crippen molar-refractivity contribution in [2.75, 3.05) is 13.6 Å². The molecule has 5 rings (SSSR count). The lowest BCUT2D eigenvalue weighted by Gasteiger charge is -2.25. The molecule has 4 heterocycles. The van der Waals surface area contributed by atoms with Gasteiger partial charge in [0, 0.05) is 49.2 Å². The van der Waals surface area contributed by atoms with Crippen LogP contribution in [-0.4, -0.2) is 33.1 Å². The number of pyridine rings is 1. The lowest BCUT2D eigenvalue weighted by atomic mass is 9.90. The number of fused-ring (bicyclic) bond motifs is 3. The first kappa shape index (κ1) is 15.1. The molecule has 1 unspecified atom stereocenters. The number of rotatable bonds is 2. The molecule has 0 aliphatic carbocycles. The highest BCUT2D eigenvalue weighted by molar-refractivity contribution is 5.91. The highest BCUT2D eigenvalue weighted by atomic mass is 16.3. The molecular formula is C21H23N3O. The molecule has 0 amide bonds. The number of aromatic nitrogens is 2. The average Bonchev–Trinajstić information content (AvgIpc) is 3.13. The van der Waals surface area contributed by atoms with Gasteiger partial charge in [0.15, 0.2) is 0 Å². The molecule has 2 aliphatic heterocycles. The standard InChI is InChI=1S/C21H23N3O/c1-13-7-16-18(14-3-5-22-15(9-14)12-25)11-24-20-4-6-23(2)10-19(20)17(8-13)21(16)24/h3,5,7-9,18,25H,4,6,10-12H2,1-2H3. The molecule has 128 valence electrons. The zero-order valence-corrected chi connectivity index (χ0v) is 14.8. The monoisotopic (exact) mass is 333 g/mol. The highest BCUT2D eigenvalue weighted by Crippen LogP contribution is 2.44. The summed E-state index contributed by atoms with van der Waals surface area (Å²) in [6.45, 7) is 5.39. The molecule has 0 spiro atoms. The Morgan fingerprint density at radius 3 is 3.00 bits per heavy atom. The molecule has 3 aromatic rings. The first-order valence-electron chi connectivity index (χ1n) is 9.04. The van der Waals surface area contributed by atoms with Gasteiger partial charge < -0.3 is 14.6 Å². The smallest absolute Gasteiger partial charge is 0.0853 e. The molecule has 1 N–H and O–H groups in total. The Hall–Kier alpha value is -2.17. The van der Waals surface area contributed by atoms with Gasteiger partial charge >= 0.3 is 0 Å². The van der Waals surface area contributed by atoms with Crippen LogP contribution in [0.4, 0.5) is 0 Å². The van der Waals surface area contributed by atoms with E-state index >= 15 is 0 Å². The van der Waals surface area contributed by atoms with Crippen molar-refractivity contribution in [3.05, 3.63) is 64.1 Å². The normalized spacial score (nSPS) is 19.6. The van der Waals surface area contributed by atoms with E-state index in [1.54, 1.807) is 0 Å². The molecule has 25 heavy (non-hydrogen) atoms. The van der Waals surface area contributed by atoms with Gasteiger partial charge in [0.1, 0.15) is 0 Å². The van der Waals surface area contributed by atoms with Crippen molar-refractivity contribution in [2.24, 2.45) is 0 Å². The summed E-state index contributed by atoms with van der Waals surface area (Å²) in [5.41, 5.74) is 9.26. The number of benzene rings is 1. The maximum Gasteiger partial charge on any atom is 0.0853 e. The summed E-state index contributed by atoms with van der Waals surface area (Å²) < 4.78 is 2.57. The van der Waals surface area contributed by atoms with Crippen LogP contribution in [0.1, 0.15) is 39.6 Å². The second kappa shape index (κ2) is 5.41. The Balaban J connectivity index is 1.72. The van der Waals surface area contributed by atoms with Crippen LogP contribution in [0.2, 0.25) is 0 Å². The SMILES string of the molecule is Cc1cc2c3c(c1)c1c(n3CC2c2ccnc(CO)c2)CCN(C)C1. The molecule has 2 aliphatic rings. The quantitative estimate of drug-likeness (QED) is 0.784. The minimum atomic E-state index is -0.00215. The van der Waals surface area contributed by atoms with Crippen LogP contribution in [0, 0.1) is 6.92 Å². The lowest BCUT2D eigenvalue weighted by Crippen LogP contribution is -2.27. The van der Waals surface area contributed by atoms with Crippen molar-refractivity contribution >= 4 is 10.9 Å². The highest BCUT2D eigenvalue weighted by Gasteiger charge is 2.32. The summed E-state index contributed by atoms with van der Waals surface area (Å²) >= 11 is 0. The van der Waals surface area contributed by atoms with Crippen LogP contribution < -0.4 is 0 Å². The van der Waals surface area contributed by atoms with Gasteiger partial charge in [-0.2, -0.15) is 0 Å². The predicted molar refractivity (Wildman–Crippen MR) is 98.7 cm³/mol. The maximum atomic E-state index is 9.45. The van der Waals surface area contributed by atoms with Gasteiger partial charge in [-0.1, -0.05) is 11.6 Å². The predicted octanol–water partition coefficient (Wildman–Crippen LogP) is 2.97. The lowest BCUT2D eigenvalue weighted by molar-refractivity contribution is 0.276. The van der Waals surface area contributed by atoms with E-state index in [9.17, 15) is 5.11 Å². The van der Waals surface area contributed by atoms with Gasteiger partial charge in [-0.3, -0.25) is 4.98 Å². The van der Waals surface area contributed by atoms with Crippen LogP contribution in [0.5, 0.6) is 0 Å². The molecule has 4 nitrogen and oxygen atoms in total. The number of hydrogen-bond acceptors (Lipinski definition) is 3. The molecule has 0 saturated carbocycles. The topological polar surface area (TPSA) is 41.3 Å². The van der Waals surface area contributed by atoms with Crippen LogP contribution in [0.15, 0.2) is 30.5 Å². The minimum Gasteiger partial charge on any atom is -0.390 e. The Morgan fingerprint density at radius 1 is 1.28 bits per heavy atom. The summed E-state index contributed by atoms with van der Waals surface area (Å²) in [6, 6.07) is 8.88. The average molecular weight is 333 g/mol. The van der Waals surface area contributed by atoms with E-state index in [0.29, 0.717) is 5.92 Å². The van der Waals surface area contributed by atoms with Crippen molar-refractivity contribution in [1.29, 1.82) is 0 Å². The Kier molecular flexibility index (Phi) is 3.27. The van der Waals surface area contributed by atoms with Gasteiger partial charge in [0.05, 0.1) is 17.8 Å². The molecule has 2 aromatic heterocycles. The zero-order chi connectivity index (χ0) is 17.1. The summed E-state index contributed by atoms with van der Waals surface area (Å²) in [5, 5.41) is 10.9. The van der Waals surface area contributed by atoms with E-state index in [1.807, 2.05) is 6.20 Å². The van der Waals surface area contributed by atoms with E-state index < -0.39 is 0 Å². The Bertz CT molecular complexity index is 988. The van der Waals surface area contributed by atoms with Crippen molar-refractivity contribution in [3.8, 4) is 0 Å². The number of aliphatic hydroxyl groups is 1. The molecule has 1 atom stereocenters. The second-order valence-corrected chi connectivity index (χ2v) is 7.57. The molecule has 0 saturated heterocycles. The zero-order valence-electron chi connectivity index (χ0n) is 14.8. The number of aliphatic hydroxyl groups excluding tert-OH is 1. The van der Waals surface area contributed by atoms with Crippen LogP contribution >= 0.6 is 0 Å². The van der Waals surface area contributed by atoms with Crippen molar-refractivity contribution in [3.63, 3.8) is 0 Å². The molecule has 0 fully saturated rings. The third kappa shape index (κ3) is 2.17. The van der Waals surface area contributed by atoms with E-state index in [4.69, 9.17) is 0 Å². The number of hydrogen-bond donors (Lipinski definition) is 1. The largest absolute Gasteiger partial charge is 0.390 e. The second-order valence-electron chi connectivity index (χ2n) is 7.57. The third-order valence-electron chi connectivity index (χ3n) is 5.86. The molecular weight excluding hydrogens is 310 g/mol. The first-order chi connectivity index (χ1) is 12.2. The van der Waals surface area contributed by atoms with Crippen molar-refractivity contribution in [2.45, 2.75) is 39.0 Å². The van der Waals surface area contributed by atoms with E-state index in [2.05, 4.69) is 52.7 Å². The summed E-state index contributed by atoms with van der Waals surface area (Å²) in [7, 11) is 2.21.